The van der Waals surface area contributed by atoms with Crippen molar-refractivity contribution in [2.45, 2.75) is 0 Å². The molecule has 3 aromatic rings. The molecule has 0 aliphatic carbocycles. The van der Waals surface area contributed by atoms with Crippen LogP contribution in [-0.2, 0) is 0 Å². The van der Waals surface area contributed by atoms with E-state index in [-0.39, 0.29) is 11.3 Å². The number of hydrogen-bond acceptors (Lipinski definition) is 2. The second kappa shape index (κ2) is 4.63. The van der Waals surface area contributed by atoms with Gasteiger partial charge >= 0.3 is 0 Å². The van der Waals surface area contributed by atoms with Crippen molar-refractivity contribution in [3.05, 3.63) is 76.5 Å². The first-order chi connectivity index (χ1) is 9.70. The molecule has 0 amide bonds. The van der Waals surface area contributed by atoms with Crippen LogP contribution in [0, 0.1) is 17.1 Å². The van der Waals surface area contributed by atoms with E-state index >= 15 is 0 Å². The van der Waals surface area contributed by atoms with Gasteiger partial charge in [0.1, 0.15) is 17.6 Å². The number of nitrogens with zero attached hydrogens (tertiary/aromatic N) is 2. The SMILES string of the molecule is N#Cc1cc2ccccc2c(=O)n1-c1cccc(F)c1. The number of hydrogen-bond donors (Lipinski definition) is 0. The van der Waals surface area contributed by atoms with Crippen molar-refractivity contribution in [2.75, 3.05) is 0 Å². The van der Waals surface area contributed by atoms with Gasteiger partial charge in [0.05, 0.1) is 5.69 Å². The number of fused-ring (bicyclic) bond motifs is 1. The minimum absolute atomic E-state index is 0.180. The van der Waals surface area contributed by atoms with Crippen LogP contribution in [-0.4, -0.2) is 4.57 Å². The highest BCUT2D eigenvalue weighted by molar-refractivity contribution is 5.82. The summed E-state index contributed by atoms with van der Waals surface area (Å²) in [6, 6.07) is 16.3. The van der Waals surface area contributed by atoms with Crippen LogP contribution in [0.3, 0.4) is 0 Å². The largest absolute Gasteiger partial charge is 0.268 e. The Kier molecular flexibility index (Phi) is 2.81. The average Bonchev–Trinajstić information content (AvgIpc) is 2.47. The van der Waals surface area contributed by atoms with Gasteiger partial charge in [-0.15, -0.1) is 0 Å². The summed E-state index contributed by atoms with van der Waals surface area (Å²) in [4.78, 5) is 12.5. The van der Waals surface area contributed by atoms with E-state index in [0.717, 1.165) is 0 Å². The molecule has 0 bridgehead atoms. The van der Waals surface area contributed by atoms with Gasteiger partial charge in [-0.2, -0.15) is 5.26 Å². The molecule has 1 aromatic heterocycles. The van der Waals surface area contributed by atoms with Crippen LogP contribution >= 0.6 is 0 Å². The molecule has 0 atom stereocenters. The highest BCUT2D eigenvalue weighted by Crippen LogP contribution is 2.16. The molecule has 1 heterocycles. The van der Waals surface area contributed by atoms with Gasteiger partial charge in [-0.1, -0.05) is 24.3 Å². The molecule has 3 nitrogen and oxygen atoms in total. The molecule has 0 saturated carbocycles. The second-order valence-corrected chi connectivity index (χ2v) is 4.35. The van der Waals surface area contributed by atoms with Crippen molar-refractivity contribution in [1.82, 2.24) is 4.57 Å². The third-order valence-electron chi connectivity index (χ3n) is 3.11. The fraction of sp³-hybridized carbons (Fsp3) is 0. The van der Waals surface area contributed by atoms with Crippen LogP contribution in [0.25, 0.3) is 16.5 Å². The Morgan fingerprint density at radius 2 is 1.85 bits per heavy atom. The number of nitriles is 1. The van der Waals surface area contributed by atoms with Crippen molar-refractivity contribution in [3.8, 4) is 11.8 Å². The third kappa shape index (κ3) is 1.86. The molecule has 3 rings (SSSR count). The van der Waals surface area contributed by atoms with Gasteiger partial charge < -0.3 is 0 Å². The molecule has 0 radical (unpaired) electrons. The first kappa shape index (κ1) is 12.1. The molecular weight excluding hydrogens is 255 g/mol. The van der Waals surface area contributed by atoms with E-state index in [9.17, 15) is 14.4 Å². The number of benzene rings is 2. The van der Waals surface area contributed by atoms with Gasteiger partial charge in [0, 0.05) is 5.39 Å². The first-order valence-electron chi connectivity index (χ1n) is 6.01. The monoisotopic (exact) mass is 264 g/mol. The van der Waals surface area contributed by atoms with Crippen molar-refractivity contribution in [3.63, 3.8) is 0 Å². The molecule has 0 spiro atoms. The van der Waals surface area contributed by atoms with Crippen LogP contribution < -0.4 is 5.56 Å². The number of pyridine rings is 1. The molecule has 4 heteroatoms. The Labute approximate surface area is 114 Å². The Morgan fingerprint density at radius 3 is 2.60 bits per heavy atom. The second-order valence-electron chi connectivity index (χ2n) is 4.35. The zero-order chi connectivity index (χ0) is 14.1. The summed E-state index contributed by atoms with van der Waals surface area (Å²) in [5.41, 5.74) is 0.196. The fourth-order valence-corrected chi connectivity index (χ4v) is 2.21. The molecule has 2 aromatic carbocycles. The molecule has 0 unspecified atom stereocenters. The molecule has 0 saturated heterocycles. The predicted molar refractivity (Wildman–Crippen MR) is 74.2 cm³/mol. The number of aromatic nitrogens is 1. The van der Waals surface area contributed by atoms with E-state index in [1.165, 1.54) is 22.8 Å². The summed E-state index contributed by atoms with van der Waals surface area (Å²) in [5.74, 6) is -0.452. The lowest BCUT2D eigenvalue weighted by molar-refractivity contribution is 0.626. The van der Waals surface area contributed by atoms with Crippen molar-refractivity contribution in [1.29, 1.82) is 5.26 Å². The van der Waals surface area contributed by atoms with Gasteiger partial charge in [0.2, 0.25) is 0 Å². The van der Waals surface area contributed by atoms with E-state index < -0.39 is 5.82 Å². The van der Waals surface area contributed by atoms with Gasteiger partial charge in [-0.25, -0.2) is 4.39 Å². The van der Waals surface area contributed by atoms with Crippen molar-refractivity contribution >= 4 is 10.8 Å². The van der Waals surface area contributed by atoms with E-state index in [2.05, 4.69) is 0 Å². The Bertz CT molecular complexity index is 906. The van der Waals surface area contributed by atoms with Crippen LogP contribution in [0.1, 0.15) is 5.69 Å². The van der Waals surface area contributed by atoms with Gasteiger partial charge in [-0.05, 0) is 35.7 Å². The maximum absolute atomic E-state index is 13.3. The summed E-state index contributed by atoms with van der Waals surface area (Å²) in [5, 5.41) is 10.4. The Morgan fingerprint density at radius 1 is 1.05 bits per heavy atom. The fourth-order valence-electron chi connectivity index (χ4n) is 2.21. The lowest BCUT2D eigenvalue weighted by Gasteiger charge is -2.10. The minimum Gasteiger partial charge on any atom is -0.268 e. The number of halogens is 1. The standard InChI is InChI=1S/C16H9FN2O/c17-12-5-3-6-13(9-12)19-14(10-18)8-11-4-1-2-7-15(11)16(19)20/h1-9H. The van der Waals surface area contributed by atoms with Gasteiger partial charge in [0.25, 0.3) is 5.56 Å². The van der Waals surface area contributed by atoms with Crippen LogP contribution in [0.15, 0.2) is 59.4 Å². The topological polar surface area (TPSA) is 45.8 Å². The molecule has 0 N–H and O–H groups in total. The predicted octanol–water partition coefficient (Wildman–Crippen LogP) is 3.00. The maximum atomic E-state index is 13.3. The average molecular weight is 264 g/mol. The zero-order valence-electron chi connectivity index (χ0n) is 10.4. The summed E-state index contributed by atoms with van der Waals surface area (Å²) in [6.45, 7) is 0. The van der Waals surface area contributed by atoms with E-state index in [1.807, 2.05) is 6.07 Å². The lowest BCUT2D eigenvalue weighted by Crippen LogP contribution is -2.21. The summed E-state index contributed by atoms with van der Waals surface area (Å²) < 4.78 is 14.6. The molecular formula is C16H9FN2O. The van der Waals surface area contributed by atoms with Crippen molar-refractivity contribution < 1.29 is 4.39 Å². The van der Waals surface area contributed by atoms with E-state index in [4.69, 9.17) is 0 Å². The van der Waals surface area contributed by atoms with Crippen LogP contribution in [0.4, 0.5) is 4.39 Å². The summed E-state index contributed by atoms with van der Waals surface area (Å²) in [7, 11) is 0. The molecule has 96 valence electrons. The quantitative estimate of drug-likeness (QED) is 0.678. The molecule has 0 aliphatic heterocycles. The third-order valence-corrected chi connectivity index (χ3v) is 3.11. The zero-order valence-corrected chi connectivity index (χ0v) is 10.4. The van der Waals surface area contributed by atoms with E-state index in [0.29, 0.717) is 16.5 Å². The Hall–Kier alpha value is -2.93. The van der Waals surface area contributed by atoms with Gasteiger partial charge in [-0.3, -0.25) is 9.36 Å². The van der Waals surface area contributed by atoms with Crippen LogP contribution in [0.2, 0.25) is 0 Å². The maximum Gasteiger partial charge on any atom is 0.264 e. The molecule has 0 fully saturated rings. The summed E-state index contributed by atoms with van der Waals surface area (Å²) >= 11 is 0. The Balaban J connectivity index is 2.44. The lowest BCUT2D eigenvalue weighted by atomic mass is 10.1. The molecule has 20 heavy (non-hydrogen) atoms. The van der Waals surface area contributed by atoms with E-state index in [1.54, 1.807) is 36.4 Å². The highest BCUT2D eigenvalue weighted by Gasteiger charge is 2.10. The number of rotatable bonds is 1. The normalized spacial score (nSPS) is 10.4. The van der Waals surface area contributed by atoms with Gasteiger partial charge in [0.15, 0.2) is 0 Å². The first-order valence-corrected chi connectivity index (χ1v) is 6.01. The van der Waals surface area contributed by atoms with Crippen LogP contribution in [0.5, 0.6) is 0 Å². The minimum atomic E-state index is -0.452. The highest BCUT2D eigenvalue weighted by atomic mass is 19.1. The smallest absolute Gasteiger partial charge is 0.264 e. The van der Waals surface area contributed by atoms with Crippen molar-refractivity contribution in [2.24, 2.45) is 0 Å². The molecule has 0 aliphatic rings. The summed E-state index contributed by atoms with van der Waals surface area (Å²) in [6.07, 6.45) is 0.